The van der Waals surface area contributed by atoms with Gasteiger partial charge in [0.2, 0.25) is 0 Å². The minimum absolute atomic E-state index is 0.145. The first kappa shape index (κ1) is 13.9. The van der Waals surface area contributed by atoms with Crippen molar-refractivity contribution in [1.82, 2.24) is 9.55 Å². The quantitative estimate of drug-likeness (QED) is 0.604. The molecule has 2 rings (SSSR count). The standard InChI is InChI=1S/C9H10Br2N2O5/c10-3-2-13(9(17)12-8(3)16)5-1-4(14)6(18-5)7(11)15/h2,4-7,14-15H,1H2,(H,12,16,17)/t4-,5+,6-,7?/m0/s1. The van der Waals surface area contributed by atoms with Crippen LogP contribution in [0.15, 0.2) is 20.3 Å². The molecule has 0 aromatic carbocycles. The number of hydrogen-bond acceptors (Lipinski definition) is 5. The highest BCUT2D eigenvalue weighted by atomic mass is 79.9. The summed E-state index contributed by atoms with van der Waals surface area (Å²) in [5.74, 6) is 0. The number of hydrogen-bond donors (Lipinski definition) is 3. The molecule has 3 N–H and O–H groups in total. The SMILES string of the molecule is O=c1[nH]c(=O)n([C@H]2C[C@H](O)[C@@H](C(O)Br)O2)cc1Br. The largest absolute Gasteiger partial charge is 0.390 e. The lowest BCUT2D eigenvalue weighted by atomic mass is 10.2. The summed E-state index contributed by atoms with van der Waals surface area (Å²) in [6, 6.07) is 0. The van der Waals surface area contributed by atoms with Gasteiger partial charge in [-0.2, -0.15) is 0 Å². The van der Waals surface area contributed by atoms with E-state index in [0.29, 0.717) is 0 Å². The van der Waals surface area contributed by atoms with E-state index in [1.54, 1.807) is 0 Å². The Hall–Kier alpha value is -0.480. The monoisotopic (exact) mass is 384 g/mol. The van der Waals surface area contributed by atoms with Gasteiger partial charge in [0.15, 0.2) is 0 Å². The molecule has 0 bridgehead atoms. The maximum atomic E-state index is 11.6. The summed E-state index contributed by atoms with van der Waals surface area (Å²) in [5.41, 5.74) is -1.17. The van der Waals surface area contributed by atoms with Gasteiger partial charge in [0, 0.05) is 12.6 Å². The van der Waals surface area contributed by atoms with Gasteiger partial charge < -0.3 is 14.9 Å². The number of aliphatic hydroxyl groups excluding tert-OH is 2. The van der Waals surface area contributed by atoms with Crippen LogP contribution in [0.5, 0.6) is 0 Å². The van der Waals surface area contributed by atoms with E-state index in [-0.39, 0.29) is 10.9 Å². The van der Waals surface area contributed by atoms with Crippen molar-refractivity contribution in [2.24, 2.45) is 0 Å². The summed E-state index contributed by atoms with van der Waals surface area (Å²) < 4.78 is 6.71. The molecule has 0 saturated carbocycles. The fourth-order valence-corrected chi connectivity index (χ4v) is 2.57. The van der Waals surface area contributed by atoms with Crippen LogP contribution in [0, 0.1) is 0 Å². The summed E-state index contributed by atoms with van der Waals surface area (Å²) in [7, 11) is 0. The number of aliphatic hydroxyl groups is 2. The molecule has 1 aromatic rings. The molecule has 0 aliphatic carbocycles. The van der Waals surface area contributed by atoms with E-state index >= 15 is 0 Å². The lowest BCUT2D eigenvalue weighted by Gasteiger charge is -2.17. The third-order valence-corrected chi connectivity index (χ3v) is 3.73. The number of nitrogens with one attached hydrogen (secondary N) is 1. The molecule has 0 spiro atoms. The van der Waals surface area contributed by atoms with Crippen LogP contribution in [0.2, 0.25) is 0 Å². The highest BCUT2D eigenvalue weighted by molar-refractivity contribution is 9.10. The molecule has 100 valence electrons. The molecule has 9 heteroatoms. The highest BCUT2D eigenvalue weighted by Crippen LogP contribution is 2.31. The number of alkyl halides is 1. The second-order valence-corrected chi connectivity index (χ2v) is 5.67. The van der Waals surface area contributed by atoms with Gasteiger partial charge in [-0.3, -0.25) is 14.3 Å². The second kappa shape index (κ2) is 5.25. The van der Waals surface area contributed by atoms with E-state index < -0.39 is 34.7 Å². The van der Waals surface area contributed by atoms with Crippen molar-refractivity contribution in [3.05, 3.63) is 31.5 Å². The van der Waals surface area contributed by atoms with Crippen molar-refractivity contribution < 1.29 is 14.9 Å². The predicted octanol–water partition coefficient (Wildman–Crippen LogP) is -0.339. The Morgan fingerprint density at radius 1 is 1.56 bits per heavy atom. The number of ether oxygens (including phenoxy) is 1. The number of aromatic amines is 1. The lowest BCUT2D eigenvalue weighted by molar-refractivity contribution is -0.0545. The van der Waals surface area contributed by atoms with Crippen molar-refractivity contribution >= 4 is 31.9 Å². The smallest absolute Gasteiger partial charge is 0.330 e. The van der Waals surface area contributed by atoms with E-state index in [0.717, 1.165) is 4.57 Å². The molecule has 1 aliphatic heterocycles. The zero-order valence-corrected chi connectivity index (χ0v) is 12.1. The molecule has 0 amide bonds. The molecular formula is C9H10Br2N2O5. The second-order valence-electron chi connectivity index (χ2n) is 3.87. The van der Waals surface area contributed by atoms with Gasteiger partial charge >= 0.3 is 5.69 Å². The summed E-state index contributed by atoms with van der Waals surface area (Å²) in [6.45, 7) is 0. The van der Waals surface area contributed by atoms with E-state index in [1.807, 2.05) is 0 Å². The van der Waals surface area contributed by atoms with Crippen LogP contribution < -0.4 is 11.2 Å². The number of aromatic nitrogens is 2. The Labute approximate surface area is 118 Å². The number of rotatable bonds is 2. The topological polar surface area (TPSA) is 105 Å². The van der Waals surface area contributed by atoms with Crippen molar-refractivity contribution in [3.8, 4) is 0 Å². The molecule has 1 aromatic heterocycles. The van der Waals surface area contributed by atoms with Gasteiger partial charge in [-0.1, -0.05) is 15.9 Å². The highest BCUT2D eigenvalue weighted by Gasteiger charge is 2.38. The summed E-state index contributed by atoms with van der Waals surface area (Å²) >= 11 is 5.91. The maximum Gasteiger partial charge on any atom is 0.330 e. The predicted molar refractivity (Wildman–Crippen MR) is 68.5 cm³/mol. The van der Waals surface area contributed by atoms with Gasteiger partial charge in [-0.25, -0.2) is 4.79 Å². The first-order valence-electron chi connectivity index (χ1n) is 5.07. The summed E-state index contributed by atoms with van der Waals surface area (Å²) in [4.78, 5) is 24.9. The summed E-state index contributed by atoms with van der Waals surface area (Å²) in [5, 5.41) is 18.0. The zero-order valence-electron chi connectivity index (χ0n) is 8.92. The molecule has 1 fully saturated rings. The molecule has 7 nitrogen and oxygen atoms in total. The Morgan fingerprint density at radius 2 is 2.22 bits per heavy atom. The molecule has 1 aliphatic rings. The van der Waals surface area contributed by atoms with Crippen LogP contribution in [0.1, 0.15) is 12.6 Å². The van der Waals surface area contributed by atoms with E-state index in [9.17, 15) is 19.8 Å². The number of nitrogens with zero attached hydrogens (tertiary/aromatic N) is 1. The number of halogens is 2. The average Bonchev–Trinajstić information content (AvgIpc) is 2.65. The van der Waals surface area contributed by atoms with Crippen molar-refractivity contribution in [1.29, 1.82) is 0 Å². The van der Waals surface area contributed by atoms with Gasteiger partial charge in [0.1, 0.15) is 17.3 Å². The zero-order chi connectivity index (χ0) is 13.4. The molecule has 0 radical (unpaired) electrons. The minimum atomic E-state index is -1.03. The van der Waals surface area contributed by atoms with Crippen LogP contribution in [0.25, 0.3) is 0 Å². The first-order chi connectivity index (χ1) is 8.40. The van der Waals surface area contributed by atoms with Crippen molar-refractivity contribution in [3.63, 3.8) is 0 Å². The third kappa shape index (κ3) is 2.59. The number of H-pyrrole nitrogens is 1. The van der Waals surface area contributed by atoms with Crippen LogP contribution >= 0.6 is 31.9 Å². The normalized spacial score (nSPS) is 29.4. The molecular weight excluding hydrogens is 376 g/mol. The lowest BCUT2D eigenvalue weighted by Crippen LogP contribution is -2.33. The fraction of sp³-hybridized carbons (Fsp3) is 0.556. The van der Waals surface area contributed by atoms with Gasteiger partial charge in [-0.15, -0.1) is 0 Å². The van der Waals surface area contributed by atoms with Crippen LogP contribution in [0.3, 0.4) is 0 Å². The van der Waals surface area contributed by atoms with Gasteiger partial charge in [-0.05, 0) is 15.9 Å². The Morgan fingerprint density at radius 3 is 2.78 bits per heavy atom. The maximum absolute atomic E-state index is 11.6. The van der Waals surface area contributed by atoms with Crippen LogP contribution in [-0.4, -0.2) is 37.0 Å². The first-order valence-corrected chi connectivity index (χ1v) is 6.77. The van der Waals surface area contributed by atoms with Crippen molar-refractivity contribution in [2.75, 3.05) is 0 Å². The van der Waals surface area contributed by atoms with Gasteiger partial charge in [0.05, 0.1) is 10.6 Å². The summed E-state index contributed by atoms with van der Waals surface area (Å²) in [6.07, 6.45) is -1.03. The van der Waals surface area contributed by atoms with Crippen molar-refractivity contribution in [2.45, 2.75) is 29.9 Å². The Balaban J connectivity index is 2.32. The minimum Gasteiger partial charge on any atom is -0.390 e. The van der Waals surface area contributed by atoms with Crippen LogP contribution in [0.4, 0.5) is 0 Å². The molecule has 4 atom stereocenters. The van der Waals surface area contributed by atoms with E-state index in [4.69, 9.17) is 4.74 Å². The van der Waals surface area contributed by atoms with E-state index in [1.165, 1.54) is 6.20 Å². The van der Waals surface area contributed by atoms with Crippen LogP contribution in [-0.2, 0) is 4.74 Å². The average molecular weight is 386 g/mol. The molecule has 2 heterocycles. The van der Waals surface area contributed by atoms with Gasteiger partial charge in [0.25, 0.3) is 5.56 Å². The fourth-order valence-electron chi connectivity index (χ4n) is 1.77. The molecule has 1 unspecified atom stereocenters. The third-order valence-electron chi connectivity index (χ3n) is 2.64. The molecule has 18 heavy (non-hydrogen) atoms. The Kier molecular flexibility index (Phi) is 4.07. The molecule has 1 saturated heterocycles. The van der Waals surface area contributed by atoms with E-state index in [2.05, 4.69) is 36.8 Å². The Bertz CT molecular complexity index is 555.